The Morgan fingerprint density at radius 1 is 1.00 bits per heavy atom. The molecule has 0 bridgehead atoms. The number of fused-ring (bicyclic) bond motifs is 3. The maximum Gasteiger partial charge on any atom is 0.407 e. The van der Waals surface area contributed by atoms with E-state index in [4.69, 9.17) is 4.74 Å². The van der Waals surface area contributed by atoms with Gasteiger partial charge in [0.2, 0.25) is 5.91 Å². The molecule has 7 nitrogen and oxygen atoms in total. The molecule has 3 N–H and O–H groups in total. The first-order valence-electron chi connectivity index (χ1n) is 11.5. The highest BCUT2D eigenvalue weighted by atomic mass is 16.5. The van der Waals surface area contributed by atoms with Crippen molar-refractivity contribution in [1.29, 1.82) is 0 Å². The lowest BCUT2D eigenvalue weighted by atomic mass is 9.97. The summed E-state index contributed by atoms with van der Waals surface area (Å²) >= 11 is 0. The van der Waals surface area contributed by atoms with E-state index in [1.54, 1.807) is 0 Å². The van der Waals surface area contributed by atoms with Gasteiger partial charge in [0.15, 0.2) is 0 Å². The van der Waals surface area contributed by atoms with E-state index in [-0.39, 0.29) is 24.4 Å². The zero-order valence-electron chi connectivity index (χ0n) is 18.9. The van der Waals surface area contributed by atoms with Crippen molar-refractivity contribution in [3.63, 3.8) is 0 Å². The molecule has 4 rings (SSSR count). The summed E-state index contributed by atoms with van der Waals surface area (Å²) < 4.78 is 5.58. The van der Waals surface area contributed by atoms with Crippen LogP contribution in [0.3, 0.4) is 0 Å². The largest absolute Gasteiger partial charge is 0.480 e. The molecule has 0 heterocycles. The summed E-state index contributed by atoms with van der Waals surface area (Å²) in [6, 6.07) is 14.4. The Bertz CT molecular complexity index is 1000. The number of hydrogen-bond donors (Lipinski definition) is 3. The van der Waals surface area contributed by atoms with Crippen molar-refractivity contribution in [1.82, 2.24) is 10.6 Å². The van der Waals surface area contributed by atoms with Gasteiger partial charge in [-0.3, -0.25) is 4.79 Å². The van der Waals surface area contributed by atoms with Gasteiger partial charge in [-0.05, 0) is 46.9 Å². The molecular weight excluding hydrogens is 420 g/mol. The molecule has 0 aliphatic heterocycles. The van der Waals surface area contributed by atoms with Gasteiger partial charge < -0.3 is 20.5 Å². The van der Waals surface area contributed by atoms with E-state index in [0.29, 0.717) is 6.42 Å². The molecule has 0 spiro atoms. The first-order chi connectivity index (χ1) is 15.9. The minimum Gasteiger partial charge on any atom is -0.480 e. The number of ether oxygens (including phenoxy) is 1. The molecule has 1 fully saturated rings. The zero-order chi connectivity index (χ0) is 23.5. The Hall–Kier alpha value is -3.35. The van der Waals surface area contributed by atoms with Crippen LogP contribution in [0.5, 0.6) is 0 Å². The highest BCUT2D eigenvalue weighted by molar-refractivity contribution is 5.89. The second-order valence-electron chi connectivity index (χ2n) is 9.00. The van der Waals surface area contributed by atoms with Crippen LogP contribution in [0.4, 0.5) is 4.79 Å². The lowest BCUT2D eigenvalue weighted by Crippen LogP contribution is -2.54. The highest BCUT2D eigenvalue weighted by Gasteiger charge is 2.39. The van der Waals surface area contributed by atoms with Crippen LogP contribution in [0.2, 0.25) is 0 Å². The Morgan fingerprint density at radius 3 is 2.09 bits per heavy atom. The van der Waals surface area contributed by atoms with Gasteiger partial charge >= 0.3 is 12.1 Å². The molecule has 1 saturated carbocycles. The number of nitrogens with one attached hydrogen (secondary N) is 2. The van der Waals surface area contributed by atoms with E-state index in [1.807, 2.05) is 50.2 Å². The number of aliphatic carboxylic acids is 1. The summed E-state index contributed by atoms with van der Waals surface area (Å²) in [6.07, 6.45) is 1.52. The molecule has 2 aromatic carbocycles. The minimum atomic E-state index is -1.05. The number of carboxylic acid groups (broad SMARTS) is 1. The predicted octanol–water partition coefficient (Wildman–Crippen LogP) is 3.92. The van der Waals surface area contributed by atoms with Crippen LogP contribution in [0.1, 0.15) is 50.2 Å². The zero-order valence-corrected chi connectivity index (χ0v) is 18.9. The smallest absolute Gasteiger partial charge is 0.407 e. The average Bonchev–Trinajstić information content (AvgIpc) is 3.61. The number of carbonyl (C=O) groups is 3. The third-order valence-electron chi connectivity index (χ3n) is 6.77. The lowest BCUT2D eigenvalue weighted by molar-refractivity contribution is -0.142. The van der Waals surface area contributed by atoms with Gasteiger partial charge in [-0.1, -0.05) is 68.8 Å². The number of rotatable bonds is 9. The Morgan fingerprint density at radius 2 is 1.58 bits per heavy atom. The van der Waals surface area contributed by atoms with Crippen LogP contribution in [0.15, 0.2) is 48.5 Å². The summed E-state index contributed by atoms with van der Waals surface area (Å²) in [5.41, 5.74) is 4.49. The van der Waals surface area contributed by atoms with Crippen LogP contribution in [0.25, 0.3) is 11.1 Å². The first-order valence-corrected chi connectivity index (χ1v) is 11.5. The molecule has 2 amide bonds. The minimum absolute atomic E-state index is 0.0431. The van der Waals surface area contributed by atoms with Crippen molar-refractivity contribution in [2.24, 2.45) is 11.8 Å². The first kappa shape index (κ1) is 22.8. The molecule has 0 radical (unpaired) electrons. The fraction of sp³-hybridized carbons (Fsp3) is 0.423. The molecule has 33 heavy (non-hydrogen) atoms. The van der Waals surface area contributed by atoms with Crippen LogP contribution in [-0.2, 0) is 14.3 Å². The van der Waals surface area contributed by atoms with E-state index in [9.17, 15) is 19.5 Å². The molecule has 3 atom stereocenters. The fourth-order valence-electron chi connectivity index (χ4n) is 4.52. The van der Waals surface area contributed by atoms with Gasteiger partial charge in [-0.2, -0.15) is 0 Å². The number of benzene rings is 2. The van der Waals surface area contributed by atoms with Gasteiger partial charge in [0.25, 0.3) is 0 Å². The second-order valence-corrected chi connectivity index (χ2v) is 9.00. The third-order valence-corrected chi connectivity index (χ3v) is 6.77. The number of hydrogen-bond acceptors (Lipinski definition) is 4. The maximum atomic E-state index is 12.9. The van der Waals surface area contributed by atoms with Gasteiger partial charge in [-0.15, -0.1) is 0 Å². The topological polar surface area (TPSA) is 105 Å². The fourth-order valence-corrected chi connectivity index (χ4v) is 4.52. The Balaban J connectivity index is 1.42. The van der Waals surface area contributed by atoms with Crippen LogP contribution in [0, 0.1) is 11.8 Å². The van der Waals surface area contributed by atoms with Gasteiger partial charge in [-0.25, -0.2) is 9.59 Å². The Labute approximate surface area is 193 Å². The number of carboxylic acids is 1. The molecule has 2 aromatic rings. The SMILES string of the molecule is CCC(C)[C@H](NC(=O)OCC1c2ccccc2-c2ccccc21)C(=O)NC(C(=O)O)C1CC1. The van der Waals surface area contributed by atoms with Crippen molar-refractivity contribution in [3.05, 3.63) is 59.7 Å². The van der Waals surface area contributed by atoms with Crippen LogP contribution < -0.4 is 10.6 Å². The molecule has 174 valence electrons. The normalized spacial score (nSPS) is 17.3. The van der Waals surface area contributed by atoms with Crippen molar-refractivity contribution < 1.29 is 24.2 Å². The molecule has 0 saturated heterocycles. The Kier molecular flexibility index (Phi) is 6.67. The van der Waals surface area contributed by atoms with E-state index < -0.39 is 30.1 Å². The highest BCUT2D eigenvalue weighted by Crippen LogP contribution is 2.44. The summed E-state index contributed by atoms with van der Waals surface area (Å²) in [4.78, 5) is 37.1. The third kappa shape index (κ3) is 4.87. The van der Waals surface area contributed by atoms with Gasteiger partial charge in [0.05, 0.1) is 0 Å². The quantitative estimate of drug-likeness (QED) is 0.537. The van der Waals surface area contributed by atoms with E-state index in [0.717, 1.165) is 35.1 Å². The van der Waals surface area contributed by atoms with Gasteiger partial charge in [0, 0.05) is 5.92 Å². The molecule has 7 heteroatoms. The van der Waals surface area contributed by atoms with Crippen LogP contribution in [-0.4, -0.2) is 41.8 Å². The molecule has 2 unspecified atom stereocenters. The lowest BCUT2D eigenvalue weighted by Gasteiger charge is -2.25. The summed E-state index contributed by atoms with van der Waals surface area (Å²) in [7, 11) is 0. The van der Waals surface area contributed by atoms with Crippen LogP contribution >= 0.6 is 0 Å². The molecule has 0 aromatic heterocycles. The van der Waals surface area contributed by atoms with Crippen molar-refractivity contribution in [3.8, 4) is 11.1 Å². The number of alkyl carbamates (subject to hydrolysis) is 1. The second kappa shape index (κ2) is 9.65. The maximum absolute atomic E-state index is 12.9. The van der Waals surface area contributed by atoms with Crippen molar-refractivity contribution >= 4 is 18.0 Å². The predicted molar refractivity (Wildman–Crippen MR) is 124 cm³/mol. The monoisotopic (exact) mass is 450 g/mol. The number of carbonyl (C=O) groups excluding carboxylic acids is 2. The summed E-state index contributed by atoms with van der Waals surface area (Å²) in [5.74, 6) is -1.84. The average molecular weight is 451 g/mol. The van der Waals surface area contributed by atoms with E-state index in [1.165, 1.54) is 0 Å². The van der Waals surface area contributed by atoms with Gasteiger partial charge in [0.1, 0.15) is 18.7 Å². The molecule has 2 aliphatic rings. The number of amides is 2. The summed E-state index contributed by atoms with van der Waals surface area (Å²) in [6.45, 7) is 3.91. The molecule has 2 aliphatic carbocycles. The standard InChI is InChI=1S/C26H30N2O5/c1-3-15(2)22(24(29)27-23(25(30)31)16-12-13-16)28-26(32)33-14-21-19-10-6-4-8-17(19)18-9-5-7-11-20(18)21/h4-11,15-16,21-23H,3,12-14H2,1-2H3,(H,27,29)(H,28,32)(H,30,31)/t15?,22-,23?/m0/s1. The van der Waals surface area contributed by atoms with E-state index in [2.05, 4.69) is 22.8 Å². The molecular formula is C26H30N2O5. The van der Waals surface area contributed by atoms with Crippen molar-refractivity contribution in [2.75, 3.05) is 6.61 Å². The van der Waals surface area contributed by atoms with E-state index >= 15 is 0 Å². The summed E-state index contributed by atoms with van der Waals surface area (Å²) in [5, 5.41) is 14.7. The van der Waals surface area contributed by atoms with Crippen molar-refractivity contribution in [2.45, 2.75) is 51.1 Å².